The number of rotatable bonds is 7. The van der Waals surface area contributed by atoms with Crippen molar-refractivity contribution in [2.45, 2.75) is 26.5 Å². The minimum Gasteiger partial charge on any atom is -0.506 e. The fraction of sp³-hybridized carbons (Fsp3) is 0.583. The zero-order valence-electron chi connectivity index (χ0n) is 10.4. The van der Waals surface area contributed by atoms with E-state index in [-0.39, 0.29) is 12.4 Å². The van der Waals surface area contributed by atoms with Crippen LogP contribution in [-0.4, -0.2) is 35.5 Å². The molecule has 0 radical (unpaired) electrons. The molecule has 5 nitrogen and oxygen atoms in total. The Morgan fingerprint density at radius 2 is 2.24 bits per heavy atom. The van der Waals surface area contributed by atoms with Crippen molar-refractivity contribution in [2.75, 3.05) is 20.3 Å². The Balaban J connectivity index is 2.59. The molecule has 0 spiro atoms. The zero-order chi connectivity index (χ0) is 12.7. The Bertz CT molecular complexity index is 356. The van der Waals surface area contributed by atoms with Crippen molar-refractivity contribution in [2.24, 2.45) is 0 Å². The largest absolute Gasteiger partial charge is 0.506 e. The quantitative estimate of drug-likeness (QED) is 0.612. The molecular formula is C12H20N2O3. The van der Waals surface area contributed by atoms with Crippen LogP contribution >= 0.6 is 0 Å². The summed E-state index contributed by atoms with van der Waals surface area (Å²) >= 11 is 0. The summed E-state index contributed by atoms with van der Waals surface area (Å²) in [4.78, 5) is 4.01. The molecule has 1 rings (SSSR count). The Hall–Kier alpha value is -1.17. The number of nitrogens with zero attached hydrogens (tertiary/aromatic N) is 1. The van der Waals surface area contributed by atoms with Crippen LogP contribution in [0, 0.1) is 6.92 Å². The van der Waals surface area contributed by atoms with Crippen molar-refractivity contribution in [3.63, 3.8) is 0 Å². The first-order valence-corrected chi connectivity index (χ1v) is 5.67. The van der Waals surface area contributed by atoms with Crippen molar-refractivity contribution in [3.8, 4) is 5.75 Å². The van der Waals surface area contributed by atoms with Crippen molar-refractivity contribution in [1.82, 2.24) is 10.3 Å². The summed E-state index contributed by atoms with van der Waals surface area (Å²) in [5, 5.41) is 22.2. The Morgan fingerprint density at radius 3 is 2.88 bits per heavy atom. The highest BCUT2D eigenvalue weighted by molar-refractivity contribution is 5.40. The van der Waals surface area contributed by atoms with Gasteiger partial charge in [0.15, 0.2) is 0 Å². The maximum absolute atomic E-state index is 9.87. The molecule has 0 amide bonds. The number of aliphatic hydroxyl groups excluding tert-OH is 1. The average Bonchev–Trinajstić information content (AvgIpc) is 2.34. The molecule has 5 heteroatoms. The second kappa shape index (κ2) is 7.21. The summed E-state index contributed by atoms with van der Waals surface area (Å²) in [6.07, 6.45) is 2.51. The third kappa shape index (κ3) is 3.96. The lowest BCUT2D eigenvalue weighted by molar-refractivity contribution is 0.194. The van der Waals surface area contributed by atoms with Crippen molar-refractivity contribution in [1.29, 1.82) is 0 Å². The van der Waals surface area contributed by atoms with Gasteiger partial charge in [0.25, 0.3) is 0 Å². The number of aryl methyl sites for hydroxylation is 1. The lowest BCUT2D eigenvalue weighted by Gasteiger charge is -2.12. The standard InChI is InChI=1S/C12H20N2O3/c1-9-12(16)11(10(8-15)6-14-9)7-13-4-3-5-17-2/h6,13,15-16H,3-5,7-8H2,1-2H3. The van der Waals surface area contributed by atoms with E-state index in [2.05, 4.69) is 10.3 Å². The average molecular weight is 240 g/mol. The van der Waals surface area contributed by atoms with Crippen LogP contribution in [0.15, 0.2) is 6.20 Å². The molecule has 1 heterocycles. The molecule has 3 N–H and O–H groups in total. The first-order chi connectivity index (χ1) is 8.20. The van der Waals surface area contributed by atoms with Crippen molar-refractivity contribution >= 4 is 0 Å². The molecule has 0 unspecified atom stereocenters. The van der Waals surface area contributed by atoms with E-state index in [0.29, 0.717) is 24.4 Å². The number of aliphatic hydroxyl groups is 1. The number of methoxy groups -OCH3 is 1. The molecule has 96 valence electrons. The van der Waals surface area contributed by atoms with Gasteiger partial charge in [0.2, 0.25) is 0 Å². The van der Waals surface area contributed by atoms with Gasteiger partial charge < -0.3 is 20.3 Å². The number of ether oxygens (including phenoxy) is 1. The maximum Gasteiger partial charge on any atom is 0.141 e. The van der Waals surface area contributed by atoms with Crippen LogP contribution < -0.4 is 5.32 Å². The number of hydrogen-bond acceptors (Lipinski definition) is 5. The van der Waals surface area contributed by atoms with Gasteiger partial charge in [-0.2, -0.15) is 0 Å². The summed E-state index contributed by atoms with van der Waals surface area (Å²) in [6, 6.07) is 0. The Labute approximate surface area is 101 Å². The molecule has 0 aliphatic carbocycles. The molecule has 0 atom stereocenters. The zero-order valence-corrected chi connectivity index (χ0v) is 10.4. The maximum atomic E-state index is 9.87. The molecule has 0 aliphatic rings. The monoisotopic (exact) mass is 240 g/mol. The van der Waals surface area contributed by atoms with Gasteiger partial charge in [-0.3, -0.25) is 4.98 Å². The highest BCUT2D eigenvalue weighted by Crippen LogP contribution is 2.23. The number of hydrogen-bond donors (Lipinski definition) is 3. The summed E-state index contributed by atoms with van der Waals surface area (Å²) in [5.74, 6) is 0.163. The lowest BCUT2D eigenvalue weighted by atomic mass is 10.1. The molecule has 0 saturated heterocycles. The first kappa shape index (κ1) is 13.9. The summed E-state index contributed by atoms with van der Waals surface area (Å²) in [6.45, 7) is 3.66. The molecule has 0 aliphatic heterocycles. The van der Waals surface area contributed by atoms with Crippen LogP contribution in [-0.2, 0) is 17.9 Å². The molecule has 0 bridgehead atoms. The van der Waals surface area contributed by atoms with Gasteiger partial charge >= 0.3 is 0 Å². The topological polar surface area (TPSA) is 74.6 Å². The van der Waals surface area contributed by atoms with Crippen molar-refractivity contribution in [3.05, 3.63) is 23.0 Å². The molecular weight excluding hydrogens is 220 g/mol. The van der Waals surface area contributed by atoms with Gasteiger partial charge in [-0.15, -0.1) is 0 Å². The molecule has 0 fully saturated rings. The van der Waals surface area contributed by atoms with E-state index in [1.807, 2.05) is 0 Å². The van der Waals surface area contributed by atoms with E-state index in [4.69, 9.17) is 4.74 Å². The fourth-order valence-corrected chi connectivity index (χ4v) is 1.57. The molecule has 1 aromatic heterocycles. The minimum atomic E-state index is -0.115. The number of aromatic hydroxyl groups is 1. The predicted molar refractivity (Wildman–Crippen MR) is 64.8 cm³/mol. The summed E-state index contributed by atoms with van der Waals surface area (Å²) in [7, 11) is 1.67. The van der Waals surface area contributed by atoms with Crippen LogP contribution in [0.4, 0.5) is 0 Å². The lowest BCUT2D eigenvalue weighted by Crippen LogP contribution is -2.17. The second-order valence-corrected chi connectivity index (χ2v) is 3.88. The molecule has 17 heavy (non-hydrogen) atoms. The van der Waals surface area contributed by atoms with E-state index in [9.17, 15) is 10.2 Å². The number of nitrogens with one attached hydrogen (secondary N) is 1. The van der Waals surface area contributed by atoms with Gasteiger partial charge in [-0.25, -0.2) is 0 Å². The molecule has 0 aromatic carbocycles. The van der Waals surface area contributed by atoms with Gasteiger partial charge in [0, 0.05) is 37.6 Å². The predicted octanol–water partition coefficient (Wildman–Crippen LogP) is 0.714. The van der Waals surface area contributed by atoms with Gasteiger partial charge in [-0.1, -0.05) is 0 Å². The summed E-state index contributed by atoms with van der Waals surface area (Å²) in [5.41, 5.74) is 1.96. The van der Waals surface area contributed by atoms with Gasteiger partial charge in [0.1, 0.15) is 5.75 Å². The van der Waals surface area contributed by atoms with Crippen LogP contribution in [0.25, 0.3) is 0 Å². The molecule has 1 aromatic rings. The smallest absolute Gasteiger partial charge is 0.141 e. The van der Waals surface area contributed by atoms with Gasteiger partial charge in [-0.05, 0) is 19.9 Å². The highest BCUT2D eigenvalue weighted by atomic mass is 16.5. The van der Waals surface area contributed by atoms with Crippen LogP contribution in [0.1, 0.15) is 23.2 Å². The van der Waals surface area contributed by atoms with Crippen LogP contribution in [0.3, 0.4) is 0 Å². The van der Waals surface area contributed by atoms with Crippen molar-refractivity contribution < 1.29 is 14.9 Å². The van der Waals surface area contributed by atoms with Crippen LogP contribution in [0.5, 0.6) is 5.75 Å². The second-order valence-electron chi connectivity index (χ2n) is 3.88. The van der Waals surface area contributed by atoms with E-state index in [1.54, 1.807) is 20.2 Å². The molecule has 0 saturated carbocycles. The van der Waals surface area contributed by atoms with Crippen LogP contribution in [0.2, 0.25) is 0 Å². The minimum absolute atomic E-state index is 0.115. The first-order valence-electron chi connectivity index (χ1n) is 5.67. The third-order valence-electron chi connectivity index (χ3n) is 2.60. The number of pyridine rings is 1. The fourth-order valence-electron chi connectivity index (χ4n) is 1.57. The number of aromatic nitrogens is 1. The van der Waals surface area contributed by atoms with E-state index >= 15 is 0 Å². The van der Waals surface area contributed by atoms with Gasteiger partial charge in [0.05, 0.1) is 12.3 Å². The highest BCUT2D eigenvalue weighted by Gasteiger charge is 2.10. The Kier molecular flexibility index (Phi) is 5.90. The van der Waals surface area contributed by atoms with E-state index in [1.165, 1.54) is 0 Å². The third-order valence-corrected chi connectivity index (χ3v) is 2.60. The SMILES string of the molecule is COCCCNCc1c(CO)cnc(C)c1O. The Morgan fingerprint density at radius 1 is 1.47 bits per heavy atom. The summed E-state index contributed by atoms with van der Waals surface area (Å²) < 4.78 is 4.94. The van der Waals surface area contributed by atoms with E-state index in [0.717, 1.165) is 18.5 Å². The van der Waals surface area contributed by atoms with E-state index < -0.39 is 0 Å². The normalized spacial score (nSPS) is 10.8.